The van der Waals surface area contributed by atoms with Crippen molar-refractivity contribution in [1.29, 1.82) is 0 Å². The molecule has 1 aromatic heterocycles. The lowest BCUT2D eigenvalue weighted by Crippen LogP contribution is -2.46. The van der Waals surface area contributed by atoms with E-state index in [1.165, 1.54) is 11.3 Å². The molecule has 6 heteroatoms. The molecule has 0 bridgehead atoms. The number of pyridine rings is 1. The zero-order valence-corrected chi connectivity index (χ0v) is 13.8. The molecule has 1 aliphatic rings. The molecule has 120 valence electrons. The first-order chi connectivity index (χ1) is 11.0. The third kappa shape index (κ3) is 3.40. The number of aromatic nitrogens is 1. The Morgan fingerprint density at radius 1 is 1.13 bits per heavy atom. The van der Waals surface area contributed by atoms with Gasteiger partial charge in [-0.3, -0.25) is 9.78 Å². The van der Waals surface area contributed by atoms with Crippen LogP contribution in [0.5, 0.6) is 0 Å². The Morgan fingerprint density at radius 3 is 2.52 bits per heavy atom. The number of piperazine rings is 1. The van der Waals surface area contributed by atoms with E-state index in [0.29, 0.717) is 5.69 Å². The molecule has 0 aliphatic carbocycles. The minimum absolute atomic E-state index is 0.301. The van der Waals surface area contributed by atoms with Crippen LogP contribution in [-0.2, 0) is 0 Å². The molecule has 0 saturated carbocycles. The summed E-state index contributed by atoms with van der Waals surface area (Å²) < 4.78 is 0. The first-order valence-electron chi connectivity index (χ1n) is 7.56. The van der Waals surface area contributed by atoms with Crippen LogP contribution in [0.4, 0.5) is 11.4 Å². The van der Waals surface area contributed by atoms with Crippen molar-refractivity contribution in [3.8, 4) is 0 Å². The number of benzene rings is 1. The maximum atomic E-state index is 11.3. The molecule has 1 aromatic carbocycles. The molecule has 0 unspecified atom stereocenters. The van der Waals surface area contributed by atoms with Gasteiger partial charge in [-0.25, -0.2) is 0 Å². The highest BCUT2D eigenvalue weighted by atomic mass is 35.5. The molecule has 1 amide bonds. The summed E-state index contributed by atoms with van der Waals surface area (Å²) >= 11 is 6.12. The molecule has 2 aromatic rings. The number of amides is 1. The first-order valence-corrected chi connectivity index (χ1v) is 7.94. The van der Waals surface area contributed by atoms with E-state index in [0.717, 1.165) is 36.9 Å². The number of hydrogen-bond acceptors (Lipinski definition) is 4. The zero-order chi connectivity index (χ0) is 16.4. The number of halogens is 1. The second-order valence-corrected chi connectivity index (χ2v) is 6.10. The maximum Gasteiger partial charge on any atom is 0.267 e. The lowest BCUT2D eigenvalue weighted by Gasteiger charge is -2.38. The Morgan fingerprint density at radius 2 is 1.83 bits per heavy atom. The van der Waals surface area contributed by atoms with Crippen LogP contribution < -0.4 is 15.5 Å². The van der Waals surface area contributed by atoms with Gasteiger partial charge in [0.25, 0.3) is 5.91 Å². The molecule has 0 radical (unpaired) electrons. The van der Waals surface area contributed by atoms with E-state index in [-0.39, 0.29) is 0 Å². The van der Waals surface area contributed by atoms with Gasteiger partial charge in [0.2, 0.25) is 0 Å². The van der Waals surface area contributed by atoms with Crippen LogP contribution in [0.25, 0.3) is 0 Å². The molecule has 0 spiro atoms. The third-order valence-corrected chi connectivity index (χ3v) is 4.39. The first kappa shape index (κ1) is 15.6. The zero-order valence-electron chi connectivity index (χ0n) is 13.0. The van der Waals surface area contributed by atoms with Crippen molar-refractivity contribution in [2.75, 3.05) is 36.0 Å². The van der Waals surface area contributed by atoms with E-state index >= 15 is 0 Å². The highest BCUT2D eigenvalue weighted by Crippen LogP contribution is 2.26. The number of carbonyl (C=O) groups excluding carboxylic acids is 1. The van der Waals surface area contributed by atoms with Gasteiger partial charge in [-0.05, 0) is 36.8 Å². The van der Waals surface area contributed by atoms with Crippen molar-refractivity contribution >= 4 is 28.9 Å². The van der Waals surface area contributed by atoms with E-state index in [9.17, 15) is 4.79 Å². The summed E-state index contributed by atoms with van der Waals surface area (Å²) in [5.41, 5.74) is 8.99. The Hall–Kier alpha value is -2.27. The highest BCUT2D eigenvalue weighted by Gasteiger charge is 2.19. The maximum absolute atomic E-state index is 11.3. The smallest absolute Gasteiger partial charge is 0.267 e. The van der Waals surface area contributed by atoms with Gasteiger partial charge in [0.1, 0.15) is 5.69 Å². The topological polar surface area (TPSA) is 62.5 Å². The molecule has 1 fully saturated rings. The number of rotatable bonds is 3. The Balaban J connectivity index is 1.72. The second kappa shape index (κ2) is 6.46. The number of primary amides is 1. The Bertz CT molecular complexity index is 726. The summed E-state index contributed by atoms with van der Waals surface area (Å²) in [5.74, 6) is -0.500. The molecule has 23 heavy (non-hydrogen) atoms. The van der Waals surface area contributed by atoms with Gasteiger partial charge in [0, 0.05) is 48.8 Å². The SMILES string of the molecule is Cc1ccc(Cl)cc1N1CCN(c2ccnc(C(N)=O)c2)CC1. The Labute approximate surface area is 140 Å². The standard InChI is InChI=1S/C17H19ClN4O/c1-12-2-3-13(18)10-16(12)22-8-6-21(7-9-22)14-4-5-20-15(11-14)17(19)23/h2-5,10-11H,6-9H2,1H3,(H2,19,23). The molecule has 0 atom stereocenters. The van der Waals surface area contributed by atoms with Crippen molar-refractivity contribution < 1.29 is 4.79 Å². The van der Waals surface area contributed by atoms with Crippen molar-refractivity contribution in [3.05, 3.63) is 52.8 Å². The monoisotopic (exact) mass is 330 g/mol. The molecule has 2 heterocycles. The largest absolute Gasteiger partial charge is 0.368 e. The molecule has 3 rings (SSSR count). The van der Waals surface area contributed by atoms with Gasteiger partial charge < -0.3 is 15.5 Å². The molecule has 2 N–H and O–H groups in total. The van der Waals surface area contributed by atoms with E-state index in [2.05, 4.69) is 21.7 Å². The van der Waals surface area contributed by atoms with Crippen LogP contribution in [0.2, 0.25) is 5.02 Å². The fraction of sp³-hybridized carbons (Fsp3) is 0.294. The normalized spacial score (nSPS) is 14.9. The second-order valence-electron chi connectivity index (χ2n) is 5.67. The van der Waals surface area contributed by atoms with Gasteiger partial charge >= 0.3 is 0 Å². The van der Waals surface area contributed by atoms with Crippen LogP contribution in [0.1, 0.15) is 16.1 Å². The van der Waals surface area contributed by atoms with Crippen molar-refractivity contribution in [1.82, 2.24) is 4.98 Å². The summed E-state index contributed by atoms with van der Waals surface area (Å²) in [4.78, 5) is 19.8. The fourth-order valence-electron chi connectivity index (χ4n) is 2.88. The quantitative estimate of drug-likeness (QED) is 0.939. The predicted octanol–water partition coefficient (Wildman–Crippen LogP) is 2.47. The van der Waals surface area contributed by atoms with Crippen LogP contribution in [-0.4, -0.2) is 37.1 Å². The van der Waals surface area contributed by atoms with Crippen molar-refractivity contribution in [2.24, 2.45) is 5.73 Å². The van der Waals surface area contributed by atoms with Gasteiger partial charge in [0.05, 0.1) is 0 Å². The van der Waals surface area contributed by atoms with Crippen LogP contribution >= 0.6 is 11.6 Å². The van der Waals surface area contributed by atoms with Crippen LogP contribution in [0.15, 0.2) is 36.5 Å². The van der Waals surface area contributed by atoms with Crippen molar-refractivity contribution in [3.63, 3.8) is 0 Å². The summed E-state index contributed by atoms with van der Waals surface area (Å²) in [6.07, 6.45) is 1.63. The average molecular weight is 331 g/mol. The minimum atomic E-state index is -0.500. The predicted molar refractivity (Wildman–Crippen MR) is 93.4 cm³/mol. The lowest BCUT2D eigenvalue weighted by molar-refractivity contribution is 0.0995. The Kier molecular flexibility index (Phi) is 4.39. The molecule has 1 aliphatic heterocycles. The number of anilines is 2. The van der Waals surface area contributed by atoms with Crippen LogP contribution in [0, 0.1) is 6.92 Å². The van der Waals surface area contributed by atoms with Gasteiger partial charge in [-0.2, -0.15) is 0 Å². The number of hydrogen-bond donors (Lipinski definition) is 1. The number of nitrogens with two attached hydrogens (primary N) is 1. The average Bonchev–Trinajstić information content (AvgIpc) is 2.57. The summed E-state index contributed by atoms with van der Waals surface area (Å²) in [7, 11) is 0. The van der Waals surface area contributed by atoms with Crippen molar-refractivity contribution in [2.45, 2.75) is 6.92 Å². The third-order valence-electron chi connectivity index (χ3n) is 4.15. The summed E-state index contributed by atoms with van der Waals surface area (Å²) in [5, 5.41) is 0.758. The number of nitrogens with zero attached hydrogens (tertiary/aromatic N) is 3. The van der Waals surface area contributed by atoms with Crippen LogP contribution in [0.3, 0.4) is 0 Å². The van der Waals surface area contributed by atoms with Gasteiger partial charge in [0.15, 0.2) is 0 Å². The van der Waals surface area contributed by atoms with Gasteiger partial charge in [-0.15, -0.1) is 0 Å². The summed E-state index contributed by atoms with van der Waals surface area (Å²) in [6, 6.07) is 9.64. The summed E-state index contributed by atoms with van der Waals surface area (Å²) in [6.45, 7) is 5.63. The molecule has 5 nitrogen and oxygen atoms in total. The molecule has 1 saturated heterocycles. The fourth-order valence-corrected chi connectivity index (χ4v) is 3.05. The van der Waals surface area contributed by atoms with E-state index in [1.54, 1.807) is 12.3 Å². The molecular weight excluding hydrogens is 312 g/mol. The van der Waals surface area contributed by atoms with Gasteiger partial charge in [-0.1, -0.05) is 17.7 Å². The van der Waals surface area contributed by atoms with E-state index in [1.807, 2.05) is 24.3 Å². The number of carbonyl (C=O) groups is 1. The number of aryl methyl sites for hydroxylation is 1. The van der Waals surface area contributed by atoms with E-state index < -0.39 is 5.91 Å². The van der Waals surface area contributed by atoms with E-state index in [4.69, 9.17) is 17.3 Å². The lowest BCUT2D eigenvalue weighted by atomic mass is 10.1. The minimum Gasteiger partial charge on any atom is -0.368 e. The highest BCUT2D eigenvalue weighted by molar-refractivity contribution is 6.30. The molecular formula is C17H19ClN4O.